The summed E-state index contributed by atoms with van der Waals surface area (Å²) in [4.78, 5) is 12.9. The quantitative estimate of drug-likeness (QED) is 0.602. The maximum absolute atomic E-state index is 13.4. The van der Waals surface area contributed by atoms with Gasteiger partial charge in [0.15, 0.2) is 0 Å². The fourth-order valence-electron chi connectivity index (χ4n) is 3.85. The molecule has 1 N–H and O–H groups in total. The molecule has 2 aromatic rings. The highest BCUT2D eigenvalue weighted by Crippen LogP contribution is 2.31. The van der Waals surface area contributed by atoms with Crippen LogP contribution in [-0.4, -0.2) is 60.0 Å². The molecule has 0 spiro atoms. The second-order valence-electron chi connectivity index (χ2n) is 7.82. The Kier molecular flexibility index (Phi) is 7.65. The van der Waals surface area contributed by atoms with Crippen LogP contribution in [0.1, 0.15) is 19.8 Å². The summed E-state index contributed by atoms with van der Waals surface area (Å²) in [6, 6.07) is 13.0. The minimum absolute atomic E-state index is 0.00529. The second kappa shape index (κ2) is 10.1. The molecule has 0 radical (unpaired) electrons. The van der Waals surface area contributed by atoms with E-state index >= 15 is 0 Å². The lowest BCUT2D eigenvalue weighted by Crippen LogP contribution is -2.43. The Morgan fingerprint density at radius 2 is 1.85 bits per heavy atom. The summed E-state index contributed by atoms with van der Waals surface area (Å²) in [5.74, 6) is -0.623. The molecule has 0 saturated carbocycles. The van der Waals surface area contributed by atoms with E-state index in [9.17, 15) is 21.6 Å². The van der Waals surface area contributed by atoms with Crippen molar-refractivity contribution in [3.63, 3.8) is 0 Å². The number of rotatable bonds is 8. The third-order valence-corrected chi connectivity index (χ3v) is 8.74. The second-order valence-corrected chi connectivity index (χ2v) is 11.7. The third-order valence-electron chi connectivity index (χ3n) is 5.57. The molecule has 1 atom stereocenters. The molecular formula is C22H29N3O6S2. The van der Waals surface area contributed by atoms with Gasteiger partial charge in [-0.1, -0.05) is 18.2 Å². The Balaban J connectivity index is 1.89. The molecule has 180 valence electrons. The molecule has 0 aromatic heterocycles. The summed E-state index contributed by atoms with van der Waals surface area (Å²) in [7, 11) is -5.88. The molecule has 11 heteroatoms. The van der Waals surface area contributed by atoms with Gasteiger partial charge in [0.2, 0.25) is 15.9 Å². The number of methoxy groups -OCH3 is 1. The number of benzene rings is 2. The minimum Gasteiger partial charge on any atom is -0.495 e. The van der Waals surface area contributed by atoms with Crippen molar-refractivity contribution in [1.82, 2.24) is 4.31 Å². The fourth-order valence-corrected chi connectivity index (χ4v) is 6.26. The van der Waals surface area contributed by atoms with Crippen LogP contribution in [0.5, 0.6) is 5.75 Å². The first-order valence-corrected chi connectivity index (χ1v) is 13.9. The predicted octanol–water partition coefficient (Wildman–Crippen LogP) is 2.52. The Morgan fingerprint density at radius 3 is 2.45 bits per heavy atom. The summed E-state index contributed by atoms with van der Waals surface area (Å²) >= 11 is 0. The maximum Gasteiger partial charge on any atom is 0.264 e. The van der Waals surface area contributed by atoms with Crippen molar-refractivity contribution in [2.75, 3.05) is 42.6 Å². The topological polar surface area (TPSA) is 113 Å². The van der Waals surface area contributed by atoms with Gasteiger partial charge in [0, 0.05) is 19.6 Å². The third kappa shape index (κ3) is 5.66. The first kappa shape index (κ1) is 25.0. The first-order chi connectivity index (χ1) is 15.6. The van der Waals surface area contributed by atoms with E-state index in [1.165, 1.54) is 33.9 Å². The van der Waals surface area contributed by atoms with Crippen molar-refractivity contribution in [3.8, 4) is 5.75 Å². The average Bonchev–Trinajstić information content (AvgIpc) is 2.79. The Bertz CT molecular complexity index is 1200. The van der Waals surface area contributed by atoms with Gasteiger partial charge in [-0.15, -0.1) is 0 Å². The van der Waals surface area contributed by atoms with Gasteiger partial charge in [-0.05, 0) is 50.1 Å². The summed E-state index contributed by atoms with van der Waals surface area (Å²) in [5.41, 5.74) is 0.744. The maximum atomic E-state index is 13.4. The van der Waals surface area contributed by atoms with Crippen molar-refractivity contribution in [1.29, 1.82) is 0 Å². The molecule has 0 aliphatic carbocycles. The van der Waals surface area contributed by atoms with Crippen molar-refractivity contribution in [2.45, 2.75) is 24.7 Å². The van der Waals surface area contributed by atoms with Gasteiger partial charge in [0.05, 0.1) is 35.6 Å². The van der Waals surface area contributed by atoms with Crippen molar-refractivity contribution in [3.05, 3.63) is 48.5 Å². The molecule has 1 fully saturated rings. The first-order valence-electron chi connectivity index (χ1n) is 10.6. The number of nitrogens with zero attached hydrogens (tertiary/aromatic N) is 2. The van der Waals surface area contributed by atoms with Crippen LogP contribution in [0.3, 0.4) is 0 Å². The van der Waals surface area contributed by atoms with E-state index < -0.39 is 26.0 Å². The lowest BCUT2D eigenvalue weighted by molar-refractivity contribution is -0.120. The highest BCUT2D eigenvalue weighted by Gasteiger charge is 2.31. The smallest absolute Gasteiger partial charge is 0.264 e. The zero-order valence-electron chi connectivity index (χ0n) is 18.9. The minimum atomic E-state index is -3.90. The lowest BCUT2D eigenvalue weighted by atomic mass is 9.98. The molecule has 9 nitrogen and oxygen atoms in total. The van der Waals surface area contributed by atoms with E-state index in [-0.39, 0.29) is 29.6 Å². The standard InChI is InChI=1S/C22H29N3O6S2/c1-4-25(18-10-6-5-7-11-18)33(29,30)19-12-13-21(31-2)20(15-19)23-22(26)17-9-8-14-24(16-17)32(3,27)28/h5-7,10-13,15,17H,4,8-9,14,16H2,1-3H3,(H,23,26)/t17-/m1/s1. The van der Waals surface area contributed by atoms with Crippen LogP contribution in [0.4, 0.5) is 11.4 Å². The number of hydrogen-bond donors (Lipinski definition) is 1. The van der Waals surface area contributed by atoms with Crippen molar-refractivity contribution >= 4 is 37.3 Å². The largest absolute Gasteiger partial charge is 0.495 e. The summed E-state index contributed by atoms with van der Waals surface area (Å²) in [5, 5.41) is 2.74. The summed E-state index contributed by atoms with van der Waals surface area (Å²) < 4.78 is 58.4. The van der Waals surface area contributed by atoms with Crippen molar-refractivity contribution in [2.24, 2.45) is 5.92 Å². The molecule has 1 aliphatic rings. The van der Waals surface area contributed by atoms with E-state index in [1.807, 2.05) is 0 Å². The number of para-hydroxylation sites is 1. The molecule has 0 bridgehead atoms. The van der Waals surface area contributed by atoms with Gasteiger partial charge in [-0.2, -0.15) is 0 Å². The lowest BCUT2D eigenvalue weighted by Gasteiger charge is -2.30. The van der Waals surface area contributed by atoms with Gasteiger partial charge in [-0.3, -0.25) is 9.10 Å². The molecule has 1 amide bonds. The van der Waals surface area contributed by atoms with E-state index in [2.05, 4.69) is 5.32 Å². The van der Waals surface area contributed by atoms with Crippen LogP contribution in [0.25, 0.3) is 0 Å². The molecule has 33 heavy (non-hydrogen) atoms. The molecule has 0 unspecified atom stereocenters. The summed E-state index contributed by atoms with van der Waals surface area (Å²) in [6.45, 7) is 2.44. The Morgan fingerprint density at radius 1 is 1.15 bits per heavy atom. The number of amides is 1. The number of nitrogens with one attached hydrogen (secondary N) is 1. The Labute approximate surface area is 195 Å². The van der Waals surface area contributed by atoms with Crippen LogP contribution < -0.4 is 14.4 Å². The number of piperidine rings is 1. The molecule has 1 heterocycles. The normalized spacial score (nSPS) is 17.4. The fraction of sp³-hybridized carbons (Fsp3) is 0.409. The highest BCUT2D eigenvalue weighted by atomic mass is 32.2. The number of ether oxygens (including phenoxy) is 1. The van der Waals surface area contributed by atoms with Crippen LogP contribution in [-0.2, 0) is 24.8 Å². The van der Waals surface area contributed by atoms with Crippen molar-refractivity contribution < 1.29 is 26.4 Å². The number of anilines is 2. The monoisotopic (exact) mass is 495 g/mol. The van der Waals surface area contributed by atoms with Gasteiger partial charge in [-0.25, -0.2) is 21.1 Å². The number of carbonyl (C=O) groups is 1. The predicted molar refractivity (Wildman–Crippen MR) is 127 cm³/mol. The zero-order chi connectivity index (χ0) is 24.2. The highest BCUT2D eigenvalue weighted by molar-refractivity contribution is 7.92. The molecule has 1 saturated heterocycles. The molecule has 1 aliphatic heterocycles. The van der Waals surface area contributed by atoms with E-state index in [0.29, 0.717) is 30.8 Å². The average molecular weight is 496 g/mol. The van der Waals surface area contributed by atoms with Crippen LogP contribution in [0, 0.1) is 5.92 Å². The number of carbonyl (C=O) groups excluding carboxylic acids is 1. The van der Waals surface area contributed by atoms with E-state index in [4.69, 9.17) is 4.74 Å². The van der Waals surface area contributed by atoms with Gasteiger partial charge < -0.3 is 10.1 Å². The van der Waals surface area contributed by atoms with E-state index in [0.717, 1.165) is 6.26 Å². The summed E-state index contributed by atoms with van der Waals surface area (Å²) in [6.07, 6.45) is 2.23. The zero-order valence-corrected chi connectivity index (χ0v) is 20.5. The number of hydrogen-bond acceptors (Lipinski definition) is 6. The van der Waals surface area contributed by atoms with Gasteiger partial charge in [0.1, 0.15) is 5.75 Å². The van der Waals surface area contributed by atoms with Gasteiger partial charge >= 0.3 is 0 Å². The van der Waals surface area contributed by atoms with Crippen LogP contribution in [0.2, 0.25) is 0 Å². The van der Waals surface area contributed by atoms with Crippen LogP contribution >= 0.6 is 0 Å². The number of sulfonamides is 2. The van der Waals surface area contributed by atoms with Gasteiger partial charge in [0.25, 0.3) is 10.0 Å². The SMILES string of the molecule is CCN(c1ccccc1)S(=O)(=O)c1ccc(OC)c(NC(=O)[C@@H]2CCCN(S(C)(=O)=O)C2)c1. The molecule has 2 aromatic carbocycles. The molecular weight excluding hydrogens is 466 g/mol. The van der Waals surface area contributed by atoms with E-state index in [1.54, 1.807) is 37.3 Å². The molecule has 3 rings (SSSR count). The Hall–Kier alpha value is -2.63. The van der Waals surface area contributed by atoms with Crippen LogP contribution in [0.15, 0.2) is 53.4 Å².